The SMILES string of the molecule is Cc1sc(NC(=O)CCC2Cc3ccccc3NC2=O)c(C#N)c1C. The van der Waals surface area contributed by atoms with Crippen LogP contribution in [-0.4, -0.2) is 11.8 Å². The molecule has 1 unspecified atom stereocenters. The summed E-state index contributed by atoms with van der Waals surface area (Å²) in [6, 6.07) is 9.88. The molecule has 1 aromatic heterocycles. The number of carbonyl (C=O) groups is 2. The number of aryl methyl sites for hydroxylation is 1. The molecule has 0 radical (unpaired) electrons. The summed E-state index contributed by atoms with van der Waals surface area (Å²) in [6.45, 7) is 3.81. The fraction of sp³-hybridized carbons (Fsp3) is 0.316. The number of fused-ring (bicyclic) bond motifs is 1. The first kappa shape index (κ1) is 17.2. The second-order valence-electron chi connectivity index (χ2n) is 6.23. The van der Waals surface area contributed by atoms with Gasteiger partial charge < -0.3 is 10.6 Å². The molecule has 2 aromatic rings. The third-order valence-electron chi connectivity index (χ3n) is 4.58. The third kappa shape index (κ3) is 3.57. The number of hydrogen-bond donors (Lipinski definition) is 2. The molecule has 2 amide bonds. The van der Waals surface area contributed by atoms with Crippen molar-refractivity contribution >= 4 is 33.8 Å². The van der Waals surface area contributed by atoms with E-state index in [-0.39, 0.29) is 24.2 Å². The minimum Gasteiger partial charge on any atom is -0.326 e. The summed E-state index contributed by atoms with van der Waals surface area (Å²) < 4.78 is 0. The van der Waals surface area contributed by atoms with Crippen molar-refractivity contribution in [2.45, 2.75) is 33.1 Å². The van der Waals surface area contributed by atoms with E-state index in [4.69, 9.17) is 0 Å². The van der Waals surface area contributed by atoms with Crippen molar-refractivity contribution in [2.75, 3.05) is 10.6 Å². The highest BCUT2D eigenvalue weighted by molar-refractivity contribution is 7.16. The molecule has 3 rings (SSSR count). The number of para-hydroxylation sites is 1. The maximum absolute atomic E-state index is 12.3. The molecule has 1 aromatic carbocycles. The lowest BCUT2D eigenvalue weighted by Crippen LogP contribution is -2.30. The van der Waals surface area contributed by atoms with Crippen LogP contribution in [0.4, 0.5) is 10.7 Å². The predicted octanol–water partition coefficient (Wildman–Crippen LogP) is 3.77. The van der Waals surface area contributed by atoms with Gasteiger partial charge in [0.25, 0.3) is 0 Å². The van der Waals surface area contributed by atoms with Crippen LogP contribution in [-0.2, 0) is 16.0 Å². The third-order valence-corrected chi connectivity index (χ3v) is 5.70. The first-order valence-corrected chi connectivity index (χ1v) is 9.00. The van der Waals surface area contributed by atoms with Crippen LogP contribution in [0.15, 0.2) is 24.3 Å². The number of anilines is 2. The van der Waals surface area contributed by atoms with Crippen molar-refractivity contribution < 1.29 is 9.59 Å². The zero-order chi connectivity index (χ0) is 18.0. The molecular formula is C19H19N3O2S. The summed E-state index contributed by atoms with van der Waals surface area (Å²) in [4.78, 5) is 25.5. The average molecular weight is 353 g/mol. The zero-order valence-corrected chi connectivity index (χ0v) is 15.0. The van der Waals surface area contributed by atoms with Gasteiger partial charge in [0, 0.05) is 22.9 Å². The quantitative estimate of drug-likeness (QED) is 0.878. The Morgan fingerprint density at radius 3 is 2.92 bits per heavy atom. The smallest absolute Gasteiger partial charge is 0.227 e. The number of thiophene rings is 1. The van der Waals surface area contributed by atoms with Crippen LogP contribution in [0.25, 0.3) is 0 Å². The van der Waals surface area contributed by atoms with Crippen molar-refractivity contribution in [1.29, 1.82) is 5.26 Å². The highest BCUT2D eigenvalue weighted by Gasteiger charge is 2.26. The Balaban J connectivity index is 1.61. The summed E-state index contributed by atoms with van der Waals surface area (Å²) >= 11 is 1.41. The Labute approximate surface area is 150 Å². The highest BCUT2D eigenvalue weighted by atomic mass is 32.1. The minimum atomic E-state index is -0.206. The van der Waals surface area contributed by atoms with Gasteiger partial charge in [0.2, 0.25) is 11.8 Å². The second kappa shape index (κ2) is 7.08. The number of amides is 2. The first-order chi connectivity index (χ1) is 12.0. The number of rotatable bonds is 4. The first-order valence-electron chi connectivity index (χ1n) is 8.18. The molecule has 0 bridgehead atoms. The summed E-state index contributed by atoms with van der Waals surface area (Å²) in [6.07, 6.45) is 1.38. The van der Waals surface area contributed by atoms with E-state index >= 15 is 0 Å². The maximum atomic E-state index is 12.3. The Morgan fingerprint density at radius 2 is 2.16 bits per heavy atom. The number of nitriles is 1. The zero-order valence-electron chi connectivity index (χ0n) is 14.2. The average Bonchev–Trinajstić information content (AvgIpc) is 2.86. The number of benzene rings is 1. The van der Waals surface area contributed by atoms with Crippen molar-refractivity contribution in [2.24, 2.45) is 5.92 Å². The Kier molecular flexibility index (Phi) is 4.86. The number of hydrogen-bond acceptors (Lipinski definition) is 4. The molecule has 0 fully saturated rings. The van der Waals surface area contributed by atoms with Crippen molar-refractivity contribution in [3.05, 3.63) is 45.8 Å². The summed E-state index contributed by atoms with van der Waals surface area (Å²) in [5, 5.41) is 15.6. The highest BCUT2D eigenvalue weighted by Crippen LogP contribution is 2.32. The van der Waals surface area contributed by atoms with E-state index in [1.807, 2.05) is 38.1 Å². The summed E-state index contributed by atoms with van der Waals surface area (Å²) in [5.41, 5.74) is 3.39. The molecule has 1 aliphatic heterocycles. The van der Waals surface area contributed by atoms with E-state index in [2.05, 4.69) is 16.7 Å². The molecule has 1 atom stereocenters. The van der Waals surface area contributed by atoms with Crippen LogP contribution in [0.3, 0.4) is 0 Å². The lowest BCUT2D eigenvalue weighted by Gasteiger charge is -2.24. The van der Waals surface area contributed by atoms with Crippen LogP contribution in [0, 0.1) is 31.1 Å². The number of nitrogens with zero attached hydrogens (tertiary/aromatic N) is 1. The van der Waals surface area contributed by atoms with Crippen LogP contribution >= 0.6 is 11.3 Å². The summed E-state index contributed by atoms with van der Waals surface area (Å²) in [5.74, 6) is -0.403. The fourth-order valence-corrected chi connectivity index (χ4v) is 4.02. The molecule has 0 aliphatic carbocycles. The minimum absolute atomic E-state index is 0.0352. The fourth-order valence-electron chi connectivity index (χ4n) is 2.99. The topological polar surface area (TPSA) is 82.0 Å². The molecule has 25 heavy (non-hydrogen) atoms. The molecule has 0 saturated carbocycles. The van der Waals surface area contributed by atoms with Gasteiger partial charge in [-0.25, -0.2) is 0 Å². The molecule has 1 aliphatic rings. The van der Waals surface area contributed by atoms with Crippen LogP contribution in [0.2, 0.25) is 0 Å². The molecule has 0 spiro atoms. The van der Waals surface area contributed by atoms with Gasteiger partial charge in [-0.2, -0.15) is 5.26 Å². The van der Waals surface area contributed by atoms with E-state index in [1.54, 1.807) is 0 Å². The molecule has 128 valence electrons. The van der Waals surface area contributed by atoms with Crippen LogP contribution in [0.1, 0.15) is 34.4 Å². The van der Waals surface area contributed by atoms with Gasteiger partial charge in [0.05, 0.1) is 5.56 Å². The van der Waals surface area contributed by atoms with Crippen molar-refractivity contribution in [1.82, 2.24) is 0 Å². The van der Waals surface area contributed by atoms with Gasteiger partial charge in [-0.15, -0.1) is 11.3 Å². The van der Waals surface area contributed by atoms with Gasteiger partial charge in [0.15, 0.2) is 0 Å². The monoisotopic (exact) mass is 353 g/mol. The lowest BCUT2D eigenvalue weighted by atomic mass is 9.89. The van der Waals surface area contributed by atoms with E-state index in [1.165, 1.54) is 11.3 Å². The van der Waals surface area contributed by atoms with Crippen LogP contribution in [0.5, 0.6) is 0 Å². The molecule has 6 heteroatoms. The summed E-state index contributed by atoms with van der Waals surface area (Å²) in [7, 11) is 0. The van der Waals surface area contributed by atoms with Gasteiger partial charge in [0.1, 0.15) is 11.1 Å². The molecule has 0 saturated heterocycles. The van der Waals surface area contributed by atoms with E-state index in [0.29, 0.717) is 23.4 Å². The van der Waals surface area contributed by atoms with E-state index in [0.717, 1.165) is 21.7 Å². The molecular weight excluding hydrogens is 334 g/mol. The van der Waals surface area contributed by atoms with E-state index in [9.17, 15) is 14.9 Å². The number of carbonyl (C=O) groups excluding carboxylic acids is 2. The van der Waals surface area contributed by atoms with Gasteiger partial charge in [-0.3, -0.25) is 9.59 Å². The Morgan fingerprint density at radius 1 is 1.40 bits per heavy atom. The molecule has 5 nitrogen and oxygen atoms in total. The normalized spacial score (nSPS) is 15.9. The number of nitrogens with one attached hydrogen (secondary N) is 2. The largest absolute Gasteiger partial charge is 0.326 e. The van der Waals surface area contributed by atoms with Gasteiger partial charge in [-0.05, 0) is 43.9 Å². The second-order valence-corrected chi connectivity index (χ2v) is 7.46. The van der Waals surface area contributed by atoms with Crippen molar-refractivity contribution in [3.8, 4) is 6.07 Å². The Bertz CT molecular complexity index is 879. The van der Waals surface area contributed by atoms with Crippen molar-refractivity contribution in [3.63, 3.8) is 0 Å². The van der Waals surface area contributed by atoms with Crippen LogP contribution < -0.4 is 10.6 Å². The van der Waals surface area contributed by atoms with E-state index < -0.39 is 0 Å². The molecule has 2 N–H and O–H groups in total. The molecule has 2 heterocycles. The predicted molar refractivity (Wildman–Crippen MR) is 98.6 cm³/mol. The lowest BCUT2D eigenvalue weighted by molar-refractivity contribution is -0.121. The van der Waals surface area contributed by atoms with Gasteiger partial charge >= 0.3 is 0 Å². The van der Waals surface area contributed by atoms with Gasteiger partial charge in [-0.1, -0.05) is 18.2 Å². The standard InChI is InChI=1S/C19H19N3O2S/c1-11-12(2)25-19(15(11)10-20)22-17(23)8-7-14-9-13-5-3-4-6-16(13)21-18(14)24/h3-6,14H,7-9H2,1-2H3,(H,21,24)(H,22,23). The Hall–Kier alpha value is -2.65. The maximum Gasteiger partial charge on any atom is 0.227 e.